The van der Waals surface area contributed by atoms with Crippen LogP contribution < -0.4 is 5.56 Å². The lowest BCUT2D eigenvalue weighted by molar-refractivity contribution is 0.439. The summed E-state index contributed by atoms with van der Waals surface area (Å²) in [5.41, 5.74) is 3.73. The van der Waals surface area contributed by atoms with Crippen LogP contribution >= 0.6 is 11.8 Å². The molecule has 140 valence electrons. The number of hydrogen-bond acceptors (Lipinski definition) is 4. The third-order valence-electron chi connectivity index (χ3n) is 5.51. The predicted octanol–water partition coefficient (Wildman–Crippen LogP) is 4.08. The number of hydrogen-bond donors (Lipinski definition) is 0. The number of nitrogens with zero attached hydrogens (tertiary/aromatic N) is 4. The van der Waals surface area contributed by atoms with E-state index < -0.39 is 0 Å². The quantitative estimate of drug-likeness (QED) is 0.494. The van der Waals surface area contributed by atoms with Crippen LogP contribution in [0, 0.1) is 0 Å². The van der Waals surface area contributed by atoms with Crippen molar-refractivity contribution in [1.29, 1.82) is 0 Å². The second-order valence-electron chi connectivity index (χ2n) is 7.21. The first-order valence-electron chi connectivity index (χ1n) is 9.40. The molecule has 1 aromatic carbocycles. The van der Waals surface area contributed by atoms with Crippen LogP contribution in [0.2, 0.25) is 0 Å². The second-order valence-corrected chi connectivity index (χ2v) is 8.44. The van der Waals surface area contributed by atoms with Crippen molar-refractivity contribution in [3.63, 3.8) is 0 Å². The number of benzene rings is 1. The van der Waals surface area contributed by atoms with Crippen LogP contribution in [-0.4, -0.2) is 24.9 Å². The summed E-state index contributed by atoms with van der Waals surface area (Å²) in [5.74, 6) is 1.43. The minimum Gasteiger partial charge on any atom is -0.268 e. The van der Waals surface area contributed by atoms with Gasteiger partial charge in [-0.2, -0.15) is 0 Å². The molecule has 0 saturated carbocycles. The van der Waals surface area contributed by atoms with E-state index in [1.807, 2.05) is 6.07 Å². The van der Waals surface area contributed by atoms with Crippen LogP contribution in [0.1, 0.15) is 38.3 Å². The van der Waals surface area contributed by atoms with Gasteiger partial charge < -0.3 is 0 Å². The van der Waals surface area contributed by atoms with Crippen molar-refractivity contribution in [2.45, 2.75) is 50.7 Å². The molecule has 1 atom stereocenters. The molecule has 2 aromatic heterocycles. The molecule has 0 N–H and O–H groups in total. The molecule has 6 heteroatoms. The second kappa shape index (κ2) is 6.68. The fourth-order valence-corrected chi connectivity index (χ4v) is 4.68. The molecule has 0 fully saturated rings. The number of rotatable bonds is 5. The van der Waals surface area contributed by atoms with Gasteiger partial charge in [-0.15, -0.1) is 11.7 Å². The monoisotopic (exact) mass is 380 g/mol. The largest absolute Gasteiger partial charge is 0.268 e. The topological polar surface area (TPSA) is 52.2 Å². The molecule has 27 heavy (non-hydrogen) atoms. The molecule has 0 radical (unpaired) electrons. The van der Waals surface area contributed by atoms with Gasteiger partial charge in [-0.3, -0.25) is 4.79 Å². The Hall–Kier alpha value is -2.34. The number of aromatic nitrogens is 4. The van der Waals surface area contributed by atoms with Gasteiger partial charge in [0.2, 0.25) is 5.78 Å². The van der Waals surface area contributed by atoms with E-state index in [1.54, 1.807) is 26.9 Å². The molecule has 1 aliphatic rings. The molecule has 4 rings (SSSR count). The van der Waals surface area contributed by atoms with E-state index in [0.29, 0.717) is 17.5 Å². The Bertz CT molecular complexity index is 1100. The Morgan fingerprint density at radius 1 is 1.33 bits per heavy atom. The van der Waals surface area contributed by atoms with Crippen molar-refractivity contribution >= 4 is 17.5 Å². The highest BCUT2D eigenvalue weighted by atomic mass is 32.2. The molecule has 1 unspecified atom stereocenters. The lowest BCUT2D eigenvalue weighted by Crippen LogP contribution is -2.37. The third kappa shape index (κ3) is 2.65. The molecular weight excluding hydrogens is 356 g/mol. The Morgan fingerprint density at radius 2 is 2.11 bits per heavy atom. The zero-order chi connectivity index (χ0) is 19.2. The van der Waals surface area contributed by atoms with Crippen molar-refractivity contribution in [2.75, 3.05) is 5.75 Å². The molecule has 1 aliphatic carbocycles. The van der Waals surface area contributed by atoms with Gasteiger partial charge in [0, 0.05) is 11.0 Å². The SMILES string of the molecule is C=CCn1nc(SCC)n2c(=O)c3c(nc12)-c1ccccc1CC3(C)CC. The van der Waals surface area contributed by atoms with Crippen LogP contribution in [0.3, 0.4) is 0 Å². The molecule has 0 aliphatic heterocycles. The number of thioether (sulfide) groups is 1. The summed E-state index contributed by atoms with van der Waals surface area (Å²) in [6, 6.07) is 8.29. The zero-order valence-electron chi connectivity index (χ0n) is 16.0. The highest BCUT2D eigenvalue weighted by Crippen LogP contribution is 2.42. The third-order valence-corrected chi connectivity index (χ3v) is 6.32. The molecule has 5 nitrogen and oxygen atoms in total. The summed E-state index contributed by atoms with van der Waals surface area (Å²) < 4.78 is 3.46. The Morgan fingerprint density at radius 3 is 2.81 bits per heavy atom. The predicted molar refractivity (Wildman–Crippen MR) is 111 cm³/mol. The van der Waals surface area contributed by atoms with E-state index in [-0.39, 0.29) is 11.0 Å². The summed E-state index contributed by atoms with van der Waals surface area (Å²) in [6.07, 6.45) is 3.52. The van der Waals surface area contributed by atoms with Gasteiger partial charge >= 0.3 is 0 Å². The average molecular weight is 381 g/mol. The first-order valence-corrected chi connectivity index (χ1v) is 10.4. The van der Waals surface area contributed by atoms with Gasteiger partial charge in [0.15, 0.2) is 5.16 Å². The molecular formula is C21H24N4OS. The van der Waals surface area contributed by atoms with E-state index in [2.05, 4.69) is 50.6 Å². The van der Waals surface area contributed by atoms with E-state index >= 15 is 0 Å². The van der Waals surface area contributed by atoms with Crippen LogP contribution in [0.25, 0.3) is 17.0 Å². The maximum absolute atomic E-state index is 13.7. The van der Waals surface area contributed by atoms with Crippen molar-refractivity contribution in [3.05, 3.63) is 58.4 Å². The lowest BCUT2D eigenvalue weighted by atomic mass is 9.69. The highest BCUT2D eigenvalue weighted by molar-refractivity contribution is 7.99. The Kier molecular flexibility index (Phi) is 4.46. The normalized spacial score (nSPS) is 18.3. The Balaban J connectivity index is 2.14. The van der Waals surface area contributed by atoms with E-state index in [1.165, 1.54) is 5.56 Å². The maximum Gasteiger partial charge on any atom is 0.265 e. The summed E-state index contributed by atoms with van der Waals surface area (Å²) >= 11 is 1.57. The molecule has 0 saturated heterocycles. The van der Waals surface area contributed by atoms with Gasteiger partial charge in [-0.05, 0) is 24.2 Å². The fraction of sp³-hybridized carbons (Fsp3) is 0.381. The highest BCUT2D eigenvalue weighted by Gasteiger charge is 2.38. The minimum absolute atomic E-state index is 0.0140. The van der Waals surface area contributed by atoms with E-state index in [0.717, 1.165) is 35.4 Å². The van der Waals surface area contributed by atoms with Gasteiger partial charge in [0.25, 0.3) is 5.56 Å². The van der Waals surface area contributed by atoms with Gasteiger partial charge in [-0.25, -0.2) is 14.1 Å². The maximum atomic E-state index is 13.7. The number of fused-ring (bicyclic) bond motifs is 4. The van der Waals surface area contributed by atoms with Crippen LogP contribution in [-0.2, 0) is 18.4 Å². The van der Waals surface area contributed by atoms with Gasteiger partial charge in [0.1, 0.15) is 0 Å². The smallest absolute Gasteiger partial charge is 0.265 e. The fourth-order valence-electron chi connectivity index (χ4n) is 3.97. The van der Waals surface area contributed by atoms with Crippen molar-refractivity contribution in [3.8, 4) is 11.3 Å². The van der Waals surface area contributed by atoms with Gasteiger partial charge in [-0.1, -0.05) is 62.9 Å². The van der Waals surface area contributed by atoms with Crippen LogP contribution in [0.4, 0.5) is 0 Å². The summed E-state index contributed by atoms with van der Waals surface area (Å²) in [4.78, 5) is 18.7. The zero-order valence-corrected chi connectivity index (χ0v) is 16.8. The molecule has 0 bridgehead atoms. The first kappa shape index (κ1) is 18.0. The molecule has 0 amide bonds. The van der Waals surface area contributed by atoms with Crippen molar-refractivity contribution in [2.24, 2.45) is 0 Å². The van der Waals surface area contributed by atoms with Crippen LogP contribution in [0.15, 0.2) is 46.9 Å². The molecule has 3 aromatic rings. The van der Waals surface area contributed by atoms with Crippen molar-refractivity contribution < 1.29 is 0 Å². The molecule has 0 spiro atoms. The number of allylic oxidation sites excluding steroid dienone is 1. The standard InChI is InChI=1S/C21H24N4OS/c1-5-12-24-19-22-17-15-11-9-8-10-14(15)13-21(4,6-2)16(17)18(26)25(19)20(23-24)27-7-3/h5,8-11H,1,6-7,12-13H2,2-4H3. The summed E-state index contributed by atoms with van der Waals surface area (Å²) in [5, 5.41) is 5.34. The van der Waals surface area contributed by atoms with E-state index in [9.17, 15) is 4.79 Å². The Labute approximate surface area is 163 Å². The van der Waals surface area contributed by atoms with Gasteiger partial charge in [0.05, 0.1) is 17.8 Å². The average Bonchev–Trinajstić information content (AvgIpc) is 3.00. The van der Waals surface area contributed by atoms with Crippen molar-refractivity contribution in [1.82, 2.24) is 19.2 Å². The minimum atomic E-state index is -0.232. The van der Waals surface area contributed by atoms with Crippen LogP contribution in [0.5, 0.6) is 0 Å². The summed E-state index contributed by atoms with van der Waals surface area (Å²) in [6.45, 7) is 10.7. The lowest BCUT2D eigenvalue weighted by Gasteiger charge is -2.35. The van der Waals surface area contributed by atoms with E-state index in [4.69, 9.17) is 4.98 Å². The molecule has 2 heterocycles. The summed E-state index contributed by atoms with van der Waals surface area (Å²) in [7, 11) is 0. The first-order chi connectivity index (χ1) is 13.0.